The van der Waals surface area contributed by atoms with E-state index in [9.17, 15) is 13.5 Å². The summed E-state index contributed by atoms with van der Waals surface area (Å²) in [6.45, 7) is 3.58. The van der Waals surface area contributed by atoms with Gasteiger partial charge in [-0.3, -0.25) is 4.72 Å². The number of hydrogen-bond donors (Lipinski definition) is 2. The second-order valence-electron chi connectivity index (χ2n) is 4.74. The number of phenolic OH excluding ortho intramolecular Hbond substituents is 1. The summed E-state index contributed by atoms with van der Waals surface area (Å²) in [5, 5.41) is 9.40. The number of sulfonamides is 1. The number of anilines is 1. The lowest BCUT2D eigenvalue weighted by Gasteiger charge is -2.13. The van der Waals surface area contributed by atoms with Crippen molar-refractivity contribution in [2.24, 2.45) is 0 Å². The molecule has 0 amide bonds. The zero-order valence-electron chi connectivity index (χ0n) is 12.0. The summed E-state index contributed by atoms with van der Waals surface area (Å²) in [6.07, 6.45) is 0. The van der Waals surface area contributed by atoms with Gasteiger partial charge in [0.2, 0.25) is 0 Å². The van der Waals surface area contributed by atoms with E-state index in [-0.39, 0.29) is 10.6 Å². The van der Waals surface area contributed by atoms with Crippen LogP contribution in [0.1, 0.15) is 11.1 Å². The maximum atomic E-state index is 12.5. The first-order chi connectivity index (χ1) is 9.83. The van der Waals surface area contributed by atoms with Gasteiger partial charge in [-0.1, -0.05) is 12.1 Å². The topological polar surface area (TPSA) is 75.6 Å². The van der Waals surface area contributed by atoms with E-state index < -0.39 is 10.0 Å². The molecule has 0 spiro atoms. The zero-order valence-corrected chi connectivity index (χ0v) is 12.9. The smallest absolute Gasteiger partial charge is 0.262 e. The fourth-order valence-corrected chi connectivity index (χ4v) is 3.39. The fraction of sp³-hybridized carbons (Fsp3) is 0.200. The highest BCUT2D eigenvalue weighted by Crippen LogP contribution is 2.27. The Kier molecular flexibility index (Phi) is 4.09. The number of phenols is 1. The number of rotatable bonds is 4. The van der Waals surface area contributed by atoms with Crippen molar-refractivity contribution in [2.45, 2.75) is 18.7 Å². The lowest BCUT2D eigenvalue weighted by molar-refractivity contribution is 0.410. The first-order valence-corrected chi connectivity index (χ1v) is 7.79. The summed E-state index contributed by atoms with van der Waals surface area (Å²) in [4.78, 5) is 0.147. The molecule has 0 radical (unpaired) electrons. The van der Waals surface area contributed by atoms with Gasteiger partial charge >= 0.3 is 0 Å². The first kappa shape index (κ1) is 15.2. The van der Waals surface area contributed by atoms with Crippen LogP contribution in [0.25, 0.3) is 0 Å². The summed E-state index contributed by atoms with van der Waals surface area (Å²) in [6, 6.07) is 9.20. The van der Waals surface area contributed by atoms with Gasteiger partial charge in [0, 0.05) is 12.1 Å². The maximum Gasteiger partial charge on any atom is 0.262 e. The van der Waals surface area contributed by atoms with Gasteiger partial charge in [-0.05, 0) is 37.1 Å². The number of nitrogens with one attached hydrogen (secondary N) is 1. The molecule has 0 bridgehead atoms. The highest BCUT2D eigenvalue weighted by Gasteiger charge is 2.19. The molecule has 112 valence electrons. The van der Waals surface area contributed by atoms with Crippen molar-refractivity contribution in [2.75, 3.05) is 11.8 Å². The molecule has 2 N–H and O–H groups in total. The van der Waals surface area contributed by atoms with E-state index in [4.69, 9.17) is 4.74 Å². The number of hydrogen-bond acceptors (Lipinski definition) is 4. The molecular formula is C15H17NO4S. The van der Waals surface area contributed by atoms with Crippen molar-refractivity contribution in [1.29, 1.82) is 0 Å². The van der Waals surface area contributed by atoms with Crippen LogP contribution in [-0.2, 0) is 10.0 Å². The third-order valence-electron chi connectivity index (χ3n) is 3.08. The van der Waals surface area contributed by atoms with Crippen molar-refractivity contribution in [3.8, 4) is 11.5 Å². The molecule has 0 atom stereocenters. The highest BCUT2D eigenvalue weighted by molar-refractivity contribution is 7.92. The SMILES string of the molecule is COc1cc(S(=O)(=O)Nc2cccc(O)c2)c(C)cc1C. The molecular weight excluding hydrogens is 290 g/mol. The van der Waals surface area contributed by atoms with E-state index >= 15 is 0 Å². The Morgan fingerprint density at radius 3 is 2.43 bits per heavy atom. The maximum absolute atomic E-state index is 12.5. The van der Waals surface area contributed by atoms with Crippen molar-refractivity contribution in [1.82, 2.24) is 0 Å². The monoisotopic (exact) mass is 307 g/mol. The molecule has 0 aromatic heterocycles. The highest BCUT2D eigenvalue weighted by atomic mass is 32.2. The lowest BCUT2D eigenvalue weighted by atomic mass is 10.1. The van der Waals surface area contributed by atoms with Crippen molar-refractivity contribution in [3.05, 3.63) is 47.5 Å². The van der Waals surface area contributed by atoms with Gasteiger partial charge < -0.3 is 9.84 Å². The van der Waals surface area contributed by atoms with Gasteiger partial charge in [0.1, 0.15) is 11.5 Å². The molecule has 0 saturated heterocycles. The van der Waals surface area contributed by atoms with Crippen LogP contribution in [0, 0.1) is 13.8 Å². The Bertz CT molecular complexity index is 769. The molecule has 21 heavy (non-hydrogen) atoms. The first-order valence-electron chi connectivity index (χ1n) is 6.30. The van der Waals surface area contributed by atoms with Gasteiger partial charge in [-0.15, -0.1) is 0 Å². The molecule has 0 heterocycles. The summed E-state index contributed by atoms with van der Waals surface area (Å²) in [5.74, 6) is 0.505. The molecule has 6 heteroatoms. The summed E-state index contributed by atoms with van der Waals surface area (Å²) in [7, 11) is -2.25. The van der Waals surface area contributed by atoms with Gasteiger partial charge in [0.25, 0.3) is 10.0 Å². The standard InChI is InChI=1S/C15H17NO4S/c1-10-7-11(2)15(9-14(10)20-3)21(18,19)16-12-5-4-6-13(17)8-12/h4-9,16-17H,1-3H3. The molecule has 0 aliphatic heterocycles. The minimum absolute atomic E-state index is 0.00610. The van der Waals surface area contributed by atoms with Crippen LogP contribution in [0.2, 0.25) is 0 Å². The average Bonchev–Trinajstić information content (AvgIpc) is 2.37. The molecule has 2 aromatic carbocycles. The van der Waals surface area contributed by atoms with Crippen molar-refractivity contribution in [3.63, 3.8) is 0 Å². The summed E-state index contributed by atoms with van der Waals surface area (Å²) < 4.78 is 32.5. The van der Waals surface area contributed by atoms with Crippen LogP contribution in [0.15, 0.2) is 41.3 Å². The Labute approximate surface area is 124 Å². The van der Waals surface area contributed by atoms with Crippen LogP contribution >= 0.6 is 0 Å². The molecule has 0 fully saturated rings. The van der Waals surface area contributed by atoms with E-state index in [0.29, 0.717) is 17.0 Å². The zero-order chi connectivity index (χ0) is 15.6. The molecule has 0 unspecified atom stereocenters. The minimum Gasteiger partial charge on any atom is -0.508 e. The van der Waals surface area contributed by atoms with Crippen LogP contribution < -0.4 is 9.46 Å². The normalized spacial score (nSPS) is 11.2. The van der Waals surface area contributed by atoms with Gasteiger partial charge in [0.05, 0.1) is 17.7 Å². The van der Waals surface area contributed by atoms with E-state index in [2.05, 4.69) is 4.72 Å². The summed E-state index contributed by atoms with van der Waals surface area (Å²) in [5.41, 5.74) is 1.79. The minimum atomic E-state index is -3.75. The number of methoxy groups -OCH3 is 1. The Hall–Kier alpha value is -2.21. The lowest BCUT2D eigenvalue weighted by Crippen LogP contribution is -2.14. The largest absolute Gasteiger partial charge is 0.508 e. The molecule has 0 aliphatic carbocycles. The Balaban J connectivity index is 2.44. The van der Waals surface area contributed by atoms with Crippen LogP contribution in [0.5, 0.6) is 11.5 Å². The van der Waals surface area contributed by atoms with E-state index in [0.717, 1.165) is 5.56 Å². The second kappa shape index (κ2) is 5.65. The van der Waals surface area contributed by atoms with Gasteiger partial charge in [0.15, 0.2) is 0 Å². The fourth-order valence-electron chi connectivity index (χ4n) is 2.10. The van der Waals surface area contributed by atoms with Crippen LogP contribution in [0.3, 0.4) is 0 Å². The second-order valence-corrected chi connectivity index (χ2v) is 6.39. The van der Waals surface area contributed by atoms with E-state index in [1.54, 1.807) is 25.1 Å². The number of benzene rings is 2. The quantitative estimate of drug-likeness (QED) is 0.910. The molecule has 0 saturated carbocycles. The number of aromatic hydroxyl groups is 1. The predicted molar refractivity (Wildman–Crippen MR) is 81.4 cm³/mol. The van der Waals surface area contributed by atoms with Crippen molar-refractivity contribution >= 4 is 15.7 Å². The van der Waals surface area contributed by atoms with Crippen LogP contribution in [-0.4, -0.2) is 20.6 Å². The molecule has 0 aliphatic rings. The Morgan fingerprint density at radius 1 is 1.10 bits per heavy atom. The average molecular weight is 307 g/mol. The van der Waals surface area contributed by atoms with E-state index in [1.165, 1.54) is 25.3 Å². The number of aryl methyl sites for hydroxylation is 2. The van der Waals surface area contributed by atoms with Crippen LogP contribution in [0.4, 0.5) is 5.69 Å². The number of ether oxygens (including phenoxy) is 1. The Morgan fingerprint density at radius 2 is 1.81 bits per heavy atom. The third kappa shape index (κ3) is 3.28. The third-order valence-corrected chi connectivity index (χ3v) is 4.60. The molecule has 2 aromatic rings. The molecule has 2 rings (SSSR count). The predicted octanol–water partition coefficient (Wildman–Crippen LogP) is 2.82. The molecule has 5 nitrogen and oxygen atoms in total. The van der Waals surface area contributed by atoms with Crippen molar-refractivity contribution < 1.29 is 18.3 Å². The van der Waals surface area contributed by atoms with E-state index in [1.807, 2.05) is 6.92 Å². The summed E-state index contributed by atoms with van der Waals surface area (Å²) >= 11 is 0. The van der Waals surface area contributed by atoms with Gasteiger partial charge in [-0.25, -0.2) is 8.42 Å². The van der Waals surface area contributed by atoms with Gasteiger partial charge in [-0.2, -0.15) is 0 Å².